The zero-order chi connectivity index (χ0) is 63.9. The maximum atomic E-state index is 12.8. The smallest absolute Gasteiger partial charge is 0.187 e. The molecule has 0 bridgehead atoms. The maximum Gasteiger partial charge on any atom is 0.187 e. The van der Waals surface area contributed by atoms with Gasteiger partial charge in [0.2, 0.25) is 0 Å². The van der Waals surface area contributed by atoms with Gasteiger partial charge in [0.15, 0.2) is 25.2 Å². The molecule has 34 atom stereocenters. The number of rotatable bonds is 19. The van der Waals surface area contributed by atoms with Gasteiger partial charge in [-0.05, 0) is 99.7 Å². The molecule has 5 saturated heterocycles. The van der Waals surface area contributed by atoms with Crippen LogP contribution in [0.3, 0.4) is 0 Å². The van der Waals surface area contributed by atoms with Crippen molar-refractivity contribution in [1.29, 1.82) is 0 Å². The van der Waals surface area contributed by atoms with Gasteiger partial charge in [0, 0.05) is 23.2 Å². The highest BCUT2D eigenvalue weighted by Crippen LogP contribution is 2.75. The minimum atomic E-state index is -1.89. The Hall–Kier alpha value is -1.34. The molecular weight excluding hydrogens is 1150 g/mol. The van der Waals surface area contributed by atoms with Gasteiger partial charge in [-0.1, -0.05) is 53.2 Å². The van der Waals surface area contributed by atoms with Crippen molar-refractivity contribution in [1.82, 2.24) is 0 Å². The van der Waals surface area contributed by atoms with E-state index in [0.29, 0.717) is 32.1 Å². The van der Waals surface area contributed by atoms with E-state index in [4.69, 9.17) is 42.6 Å². The van der Waals surface area contributed by atoms with Crippen LogP contribution < -0.4 is 0 Å². The van der Waals surface area contributed by atoms with Crippen LogP contribution in [0.1, 0.15) is 113 Å². The summed E-state index contributed by atoms with van der Waals surface area (Å²) in [5.74, 6) is -1.22. The fraction of sp³-hybridized carbons (Fsp3) is 0.967. The van der Waals surface area contributed by atoms with E-state index in [-0.39, 0.29) is 47.3 Å². The van der Waals surface area contributed by atoms with Crippen LogP contribution in [0.2, 0.25) is 0 Å². The molecule has 9 rings (SSSR count). The summed E-state index contributed by atoms with van der Waals surface area (Å²) in [6.07, 6.45) is -31.9. The standard InChI is InChI=1S/C60H102O27/c1-24(9-13-37(57(4,5)78)86-55-51(87-53-39(67)29(65)17-25(19-61)80-53)46(74)42(70)33(84-55)23-79-52-49(77)45(73)41(69)32(22-64)83-52)26-15-16-58(6)34-12-10-27-28(60(34,8)35(66)18-59(26,58)7)11-14-36(56(27,2)3)85-54-48(76)43(71)38(30(20-62)82-54)50-47(75)44(72)40(68)31(21-63)81-50/h10,24-26,28-55,61-78H,9,11-23H2,1-8H3/t24-,25+,26?,28?,29+,30-,31-,32-,33-,34?,35-,36+,37-,38?,39-,40-,41-,42-,43+,44+,45+,46+,47-,48-,49-,50+,51-,52-,53+,54+,55+,58+,59-,60+/m1/s1. The monoisotopic (exact) mass is 1250 g/mol. The van der Waals surface area contributed by atoms with Crippen LogP contribution in [0.4, 0.5) is 0 Å². The van der Waals surface area contributed by atoms with Crippen molar-refractivity contribution in [2.24, 2.45) is 51.2 Å². The van der Waals surface area contributed by atoms with E-state index < -0.39 is 215 Å². The normalized spacial score (nSPS) is 51.8. The molecule has 18 N–H and O–H groups in total. The molecule has 504 valence electrons. The summed E-state index contributed by atoms with van der Waals surface area (Å²) >= 11 is 0. The van der Waals surface area contributed by atoms with Gasteiger partial charge >= 0.3 is 0 Å². The Morgan fingerprint density at radius 1 is 0.586 bits per heavy atom. The highest BCUT2D eigenvalue weighted by atomic mass is 16.8. The van der Waals surface area contributed by atoms with Crippen molar-refractivity contribution >= 4 is 0 Å². The fourth-order valence-electron chi connectivity index (χ4n) is 17.5. The number of aliphatic hydroxyl groups is 18. The molecule has 0 aromatic heterocycles. The van der Waals surface area contributed by atoms with E-state index in [1.807, 2.05) is 0 Å². The minimum Gasteiger partial charge on any atom is -0.394 e. The largest absolute Gasteiger partial charge is 0.394 e. The van der Waals surface area contributed by atoms with Gasteiger partial charge in [0.25, 0.3) is 0 Å². The Balaban J connectivity index is 0.889. The number of hydrogen-bond acceptors (Lipinski definition) is 27. The highest BCUT2D eigenvalue weighted by Gasteiger charge is 2.71. The van der Waals surface area contributed by atoms with Gasteiger partial charge < -0.3 is 135 Å². The van der Waals surface area contributed by atoms with Crippen LogP contribution in [0.15, 0.2) is 11.6 Å². The van der Waals surface area contributed by atoms with Crippen molar-refractivity contribution in [3.63, 3.8) is 0 Å². The van der Waals surface area contributed by atoms with Crippen molar-refractivity contribution in [2.75, 3.05) is 33.0 Å². The Kier molecular flexibility index (Phi) is 21.6. The lowest BCUT2D eigenvalue weighted by atomic mass is 9.38. The van der Waals surface area contributed by atoms with Crippen LogP contribution in [0.25, 0.3) is 0 Å². The van der Waals surface area contributed by atoms with Crippen molar-refractivity contribution in [3.05, 3.63) is 11.6 Å². The van der Waals surface area contributed by atoms with E-state index in [0.717, 1.165) is 18.4 Å². The molecule has 0 aromatic rings. The second-order valence-corrected chi connectivity index (χ2v) is 28.7. The van der Waals surface area contributed by atoms with Crippen molar-refractivity contribution in [2.45, 2.75) is 278 Å². The van der Waals surface area contributed by atoms with E-state index in [1.165, 1.54) is 13.8 Å². The summed E-state index contributed by atoms with van der Waals surface area (Å²) in [6, 6.07) is 0. The second-order valence-electron chi connectivity index (χ2n) is 28.7. The van der Waals surface area contributed by atoms with Crippen LogP contribution in [0.5, 0.6) is 0 Å². The summed E-state index contributed by atoms with van der Waals surface area (Å²) in [5, 5.41) is 196. The molecular formula is C60H102O27. The van der Waals surface area contributed by atoms with Crippen molar-refractivity contribution in [3.8, 4) is 0 Å². The Bertz CT molecular complexity index is 2290. The Labute approximate surface area is 507 Å². The van der Waals surface area contributed by atoms with Gasteiger partial charge in [0.1, 0.15) is 85.5 Å². The summed E-state index contributed by atoms with van der Waals surface area (Å²) in [6.45, 7) is 12.9. The first-order valence-electron chi connectivity index (χ1n) is 31.3. The summed E-state index contributed by atoms with van der Waals surface area (Å²) in [5.41, 5.74) is -2.35. The number of aliphatic hydroxyl groups excluding tert-OH is 17. The minimum absolute atomic E-state index is 0.00838. The van der Waals surface area contributed by atoms with E-state index in [2.05, 4.69) is 47.6 Å². The summed E-state index contributed by atoms with van der Waals surface area (Å²) in [7, 11) is 0. The quantitative estimate of drug-likeness (QED) is 0.0547. The molecule has 27 nitrogen and oxygen atoms in total. The molecule has 8 fully saturated rings. The zero-order valence-corrected chi connectivity index (χ0v) is 51.1. The van der Waals surface area contributed by atoms with Crippen LogP contribution in [0, 0.1) is 51.2 Å². The third-order valence-electron chi connectivity index (χ3n) is 23.0. The van der Waals surface area contributed by atoms with Gasteiger partial charge in [-0.3, -0.25) is 0 Å². The lowest BCUT2D eigenvalue weighted by molar-refractivity contribution is -0.374. The number of ether oxygens (including phenoxy) is 9. The first kappa shape index (κ1) is 70.0. The molecule has 4 aliphatic carbocycles. The van der Waals surface area contributed by atoms with Crippen LogP contribution >= 0.6 is 0 Å². The van der Waals surface area contributed by atoms with Crippen molar-refractivity contribution < 1.29 is 135 Å². The number of allylic oxidation sites excluding steroid dienone is 1. The molecule has 87 heavy (non-hydrogen) atoms. The summed E-state index contributed by atoms with van der Waals surface area (Å²) in [4.78, 5) is 0. The molecule has 0 aromatic carbocycles. The van der Waals surface area contributed by atoms with Crippen LogP contribution in [-0.4, -0.2) is 290 Å². The third kappa shape index (κ3) is 12.6. The topological polar surface area (TPSA) is 447 Å². The lowest BCUT2D eigenvalue weighted by Gasteiger charge is -2.67. The van der Waals surface area contributed by atoms with Gasteiger partial charge in [-0.25, -0.2) is 0 Å². The molecule has 5 heterocycles. The van der Waals surface area contributed by atoms with E-state index >= 15 is 0 Å². The number of fused-ring (bicyclic) bond motifs is 5. The molecule has 0 amide bonds. The first-order valence-corrected chi connectivity index (χ1v) is 31.3. The SMILES string of the molecule is C[C@H](CC[C@@H](O[C@@H]1O[C@H](CO[C@@H]2O[C@H](CO)[C@@H](O)[C@H](O)[C@H]2O)[C@@H](O)[C@H](O)[C@H]1O[C@@H]1O[C@H](CO)C[C@H](O)[C@H]1O)C(C)(C)O)C1CC[C@@]2(C)C3CC=C4C(CC[C@H](O[C@@H]5O[C@H](CO)C([C@@H]6O[C@H](CO)[C@@H](O)[C@H](O)[C@H]6O)[C@H](O)[C@H]5O)C4(C)C)[C@]3(C)[C@H](O)C[C@]12C. The molecule has 9 aliphatic rings. The van der Waals surface area contributed by atoms with E-state index in [9.17, 15) is 91.9 Å². The second kappa shape index (κ2) is 26.8. The average molecular weight is 1260 g/mol. The highest BCUT2D eigenvalue weighted by molar-refractivity contribution is 5.32. The third-order valence-corrected chi connectivity index (χ3v) is 23.0. The number of hydrogen-bond donors (Lipinski definition) is 18. The zero-order valence-electron chi connectivity index (χ0n) is 51.1. The van der Waals surface area contributed by atoms with Crippen LogP contribution in [-0.2, 0) is 42.6 Å². The van der Waals surface area contributed by atoms with Gasteiger partial charge in [0.05, 0.1) is 87.5 Å². The molecule has 4 unspecified atom stereocenters. The van der Waals surface area contributed by atoms with Gasteiger partial charge in [-0.15, -0.1) is 0 Å². The predicted octanol–water partition coefficient (Wildman–Crippen LogP) is -4.10. The molecule has 3 saturated carbocycles. The Morgan fingerprint density at radius 2 is 1.17 bits per heavy atom. The molecule has 0 radical (unpaired) electrons. The Morgan fingerprint density at radius 3 is 1.80 bits per heavy atom. The lowest BCUT2D eigenvalue weighted by Crippen LogP contribution is -2.68. The molecule has 0 spiro atoms. The first-order chi connectivity index (χ1) is 40.7. The van der Waals surface area contributed by atoms with Gasteiger partial charge in [-0.2, -0.15) is 0 Å². The van der Waals surface area contributed by atoms with E-state index in [1.54, 1.807) is 0 Å². The summed E-state index contributed by atoms with van der Waals surface area (Å²) < 4.78 is 54.4. The predicted molar refractivity (Wildman–Crippen MR) is 297 cm³/mol. The maximum absolute atomic E-state index is 12.8. The average Bonchev–Trinajstić information content (AvgIpc) is 1.67. The molecule has 27 heteroatoms. The molecule has 5 aliphatic heterocycles. The fourth-order valence-corrected chi connectivity index (χ4v) is 17.5.